The molecule has 0 amide bonds. The molecule has 2 aromatic rings. The number of H-pyrrole nitrogens is 1. The normalized spacial score (nSPS) is 18.9. The standard InChI is InChI=1S/C13H13NO2/c1-7-2-4-10-9(6-7)12-8(13(15)16)3-5-11(12)14-10/h2,4,6,8,14H,3,5H2,1H3,(H,15,16). The Labute approximate surface area is 93.1 Å². The molecular formula is C13H13NO2. The van der Waals surface area contributed by atoms with Gasteiger partial charge in [-0.05, 0) is 37.5 Å². The molecule has 0 spiro atoms. The van der Waals surface area contributed by atoms with Gasteiger partial charge in [0.2, 0.25) is 0 Å². The van der Waals surface area contributed by atoms with E-state index in [4.69, 9.17) is 0 Å². The van der Waals surface area contributed by atoms with Crippen molar-refractivity contribution in [1.29, 1.82) is 0 Å². The summed E-state index contributed by atoms with van der Waals surface area (Å²) in [5.74, 6) is -1.04. The summed E-state index contributed by atoms with van der Waals surface area (Å²) in [5, 5.41) is 10.3. The van der Waals surface area contributed by atoms with Gasteiger partial charge in [0.1, 0.15) is 0 Å². The number of benzene rings is 1. The fourth-order valence-corrected chi connectivity index (χ4v) is 2.66. The topological polar surface area (TPSA) is 53.1 Å². The molecule has 82 valence electrons. The van der Waals surface area contributed by atoms with Crippen molar-refractivity contribution in [2.24, 2.45) is 0 Å². The summed E-state index contributed by atoms with van der Waals surface area (Å²) >= 11 is 0. The minimum Gasteiger partial charge on any atom is -0.481 e. The molecule has 1 aromatic heterocycles. The number of aliphatic carboxylic acids is 1. The molecule has 0 saturated heterocycles. The molecule has 1 heterocycles. The van der Waals surface area contributed by atoms with E-state index in [-0.39, 0.29) is 5.92 Å². The molecule has 0 fully saturated rings. The zero-order chi connectivity index (χ0) is 11.3. The van der Waals surface area contributed by atoms with Crippen LogP contribution in [0.3, 0.4) is 0 Å². The third-order valence-corrected chi connectivity index (χ3v) is 3.41. The van der Waals surface area contributed by atoms with E-state index >= 15 is 0 Å². The van der Waals surface area contributed by atoms with Gasteiger partial charge >= 0.3 is 5.97 Å². The van der Waals surface area contributed by atoms with Crippen molar-refractivity contribution in [1.82, 2.24) is 4.98 Å². The van der Waals surface area contributed by atoms with Gasteiger partial charge in [0.25, 0.3) is 0 Å². The summed E-state index contributed by atoms with van der Waals surface area (Å²) < 4.78 is 0. The first kappa shape index (κ1) is 9.46. The summed E-state index contributed by atoms with van der Waals surface area (Å²) in [6.07, 6.45) is 1.57. The lowest BCUT2D eigenvalue weighted by Gasteiger charge is -2.04. The quantitative estimate of drug-likeness (QED) is 0.768. The summed E-state index contributed by atoms with van der Waals surface area (Å²) in [6, 6.07) is 6.15. The number of hydrogen-bond acceptors (Lipinski definition) is 1. The minimum absolute atomic E-state index is 0.328. The second kappa shape index (κ2) is 3.11. The van der Waals surface area contributed by atoms with Crippen molar-refractivity contribution in [2.45, 2.75) is 25.7 Å². The van der Waals surface area contributed by atoms with Crippen LogP contribution in [0.4, 0.5) is 0 Å². The molecule has 0 saturated carbocycles. The number of rotatable bonds is 1. The third-order valence-electron chi connectivity index (χ3n) is 3.41. The third kappa shape index (κ3) is 1.18. The van der Waals surface area contributed by atoms with Gasteiger partial charge in [-0.25, -0.2) is 0 Å². The van der Waals surface area contributed by atoms with E-state index in [2.05, 4.69) is 11.1 Å². The van der Waals surface area contributed by atoms with Gasteiger partial charge in [-0.2, -0.15) is 0 Å². The number of aryl methyl sites for hydroxylation is 2. The second-order valence-corrected chi connectivity index (χ2v) is 4.50. The Kier molecular flexibility index (Phi) is 1.84. The summed E-state index contributed by atoms with van der Waals surface area (Å²) in [5.41, 5.74) is 4.34. The van der Waals surface area contributed by atoms with Gasteiger partial charge in [0.15, 0.2) is 0 Å². The molecule has 1 unspecified atom stereocenters. The van der Waals surface area contributed by atoms with Gasteiger partial charge in [-0.3, -0.25) is 4.79 Å². The molecule has 3 heteroatoms. The molecule has 3 nitrogen and oxygen atoms in total. The Morgan fingerprint density at radius 2 is 2.31 bits per heavy atom. The first-order chi connectivity index (χ1) is 7.66. The highest BCUT2D eigenvalue weighted by Crippen LogP contribution is 2.38. The van der Waals surface area contributed by atoms with Crippen molar-refractivity contribution in [3.63, 3.8) is 0 Å². The van der Waals surface area contributed by atoms with E-state index in [9.17, 15) is 9.90 Å². The smallest absolute Gasteiger partial charge is 0.311 e. The zero-order valence-corrected chi connectivity index (χ0v) is 9.08. The van der Waals surface area contributed by atoms with Crippen LogP contribution in [0.1, 0.15) is 29.2 Å². The van der Waals surface area contributed by atoms with Crippen LogP contribution < -0.4 is 0 Å². The van der Waals surface area contributed by atoms with Crippen molar-refractivity contribution >= 4 is 16.9 Å². The average molecular weight is 215 g/mol. The number of hydrogen-bond donors (Lipinski definition) is 2. The average Bonchev–Trinajstić information content (AvgIpc) is 2.76. The number of carboxylic acids is 1. The van der Waals surface area contributed by atoms with E-state index in [1.54, 1.807) is 0 Å². The molecule has 0 radical (unpaired) electrons. The van der Waals surface area contributed by atoms with Crippen LogP contribution in [0.2, 0.25) is 0 Å². The monoisotopic (exact) mass is 215 g/mol. The van der Waals surface area contributed by atoms with Crippen LogP contribution in [0, 0.1) is 6.92 Å². The molecule has 0 bridgehead atoms. The van der Waals surface area contributed by atoms with E-state index in [0.29, 0.717) is 0 Å². The highest BCUT2D eigenvalue weighted by atomic mass is 16.4. The van der Waals surface area contributed by atoms with Crippen molar-refractivity contribution < 1.29 is 9.90 Å². The number of nitrogens with one attached hydrogen (secondary N) is 1. The Hall–Kier alpha value is -1.77. The Morgan fingerprint density at radius 1 is 1.50 bits per heavy atom. The number of aromatic amines is 1. The van der Waals surface area contributed by atoms with Crippen molar-refractivity contribution in [3.05, 3.63) is 35.0 Å². The number of fused-ring (bicyclic) bond motifs is 3. The van der Waals surface area contributed by atoms with E-state index in [1.807, 2.05) is 19.1 Å². The fourth-order valence-electron chi connectivity index (χ4n) is 2.66. The number of carboxylic acid groups (broad SMARTS) is 1. The molecule has 3 rings (SSSR count). The SMILES string of the molecule is Cc1ccc2[nH]c3c(c2c1)C(C(=O)O)CC3. The van der Waals surface area contributed by atoms with E-state index in [0.717, 1.165) is 35.0 Å². The van der Waals surface area contributed by atoms with Gasteiger partial charge in [-0.1, -0.05) is 11.6 Å². The number of carbonyl (C=O) groups is 1. The lowest BCUT2D eigenvalue weighted by Crippen LogP contribution is -2.07. The van der Waals surface area contributed by atoms with Crippen LogP contribution >= 0.6 is 0 Å². The summed E-state index contributed by atoms with van der Waals surface area (Å²) in [6.45, 7) is 2.03. The first-order valence-electron chi connectivity index (χ1n) is 5.50. The van der Waals surface area contributed by atoms with Gasteiger partial charge < -0.3 is 10.1 Å². The Morgan fingerprint density at radius 3 is 3.06 bits per heavy atom. The van der Waals surface area contributed by atoms with Gasteiger partial charge in [0, 0.05) is 16.6 Å². The van der Waals surface area contributed by atoms with E-state index < -0.39 is 5.97 Å². The molecular weight excluding hydrogens is 202 g/mol. The van der Waals surface area contributed by atoms with Gasteiger partial charge in [0.05, 0.1) is 5.92 Å². The predicted molar refractivity (Wildman–Crippen MR) is 61.7 cm³/mol. The molecule has 2 N–H and O–H groups in total. The number of aromatic nitrogens is 1. The van der Waals surface area contributed by atoms with Crippen molar-refractivity contribution in [3.8, 4) is 0 Å². The lowest BCUT2D eigenvalue weighted by molar-refractivity contribution is -0.138. The first-order valence-corrected chi connectivity index (χ1v) is 5.50. The summed E-state index contributed by atoms with van der Waals surface area (Å²) in [4.78, 5) is 14.5. The largest absolute Gasteiger partial charge is 0.481 e. The molecule has 1 aromatic carbocycles. The van der Waals surface area contributed by atoms with Gasteiger partial charge in [-0.15, -0.1) is 0 Å². The fraction of sp³-hybridized carbons (Fsp3) is 0.308. The predicted octanol–water partition coefficient (Wildman–Crippen LogP) is 2.59. The highest BCUT2D eigenvalue weighted by molar-refractivity contribution is 5.92. The minimum atomic E-state index is -0.707. The maximum Gasteiger partial charge on any atom is 0.311 e. The maximum absolute atomic E-state index is 11.2. The highest BCUT2D eigenvalue weighted by Gasteiger charge is 2.31. The van der Waals surface area contributed by atoms with Crippen LogP contribution in [-0.2, 0) is 11.2 Å². The van der Waals surface area contributed by atoms with Crippen LogP contribution in [-0.4, -0.2) is 16.1 Å². The second-order valence-electron chi connectivity index (χ2n) is 4.50. The van der Waals surface area contributed by atoms with Crippen LogP contribution in [0.15, 0.2) is 18.2 Å². The Balaban J connectivity index is 2.29. The molecule has 1 atom stereocenters. The molecule has 1 aliphatic carbocycles. The van der Waals surface area contributed by atoms with Crippen LogP contribution in [0.5, 0.6) is 0 Å². The lowest BCUT2D eigenvalue weighted by atomic mass is 9.99. The molecule has 16 heavy (non-hydrogen) atoms. The summed E-state index contributed by atoms with van der Waals surface area (Å²) in [7, 11) is 0. The molecule has 0 aliphatic heterocycles. The van der Waals surface area contributed by atoms with Crippen molar-refractivity contribution in [2.75, 3.05) is 0 Å². The van der Waals surface area contributed by atoms with E-state index in [1.165, 1.54) is 5.56 Å². The van der Waals surface area contributed by atoms with Crippen LogP contribution in [0.25, 0.3) is 10.9 Å². The zero-order valence-electron chi connectivity index (χ0n) is 9.08. The molecule has 1 aliphatic rings. The Bertz CT molecular complexity index is 583. The maximum atomic E-state index is 11.2.